The van der Waals surface area contributed by atoms with Gasteiger partial charge in [-0.2, -0.15) is 0 Å². The monoisotopic (exact) mass is 275 g/mol. The summed E-state index contributed by atoms with van der Waals surface area (Å²) in [4.78, 5) is 5.06. The van der Waals surface area contributed by atoms with Crippen molar-refractivity contribution in [3.05, 3.63) is 35.9 Å². The van der Waals surface area contributed by atoms with Crippen LogP contribution < -0.4 is 5.32 Å². The fourth-order valence-electron chi connectivity index (χ4n) is 2.96. The van der Waals surface area contributed by atoms with Gasteiger partial charge >= 0.3 is 0 Å². The number of likely N-dealkylation sites (N-methyl/N-ethyl adjacent to an activating group) is 1. The summed E-state index contributed by atoms with van der Waals surface area (Å²) >= 11 is 0. The van der Waals surface area contributed by atoms with Gasteiger partial charge in [-0.15, -0.1) is 0 Å². The van der Waals surface area contributed by atoms with Crippen molar-refractivity contribution >= 4 is 0 Å². The molecule has 1 aromatic carbocycles. The van der Waals surface area contributed by atoms with E-state index < -0.39 is 0 Å². The average Bonchev–Trinajstić information content (AvgIpc) is 2.48. The third kappa shape index (κ3) is 4.30. The topological polar surface area (TPSA) is 18.5 Å². The van der Waals surface area contributed by atoms with E-state index in [9.17, 15) is 0 Å². The van der Waals surface area contributed by atoms with Gasteiger partial charge < -0.3 is 15.1 Å². The van der Waals surface area contributed by atoms with Crippen LogP contribution in [0.15, 0.2) is 30.3 Å². The minimum Gasteiger partial charge on any atom is -0.310 e. The molecule has 1 N–H and O–H groups in total. The van der Waals surface area contributed by atoms with Gasteiger partial charge in [0.15, 0.2) is 0 Å². The van der Waals surface area contributed by atoms with Gasteiger partial charge in [-0.05, 0) is 32.5 Å². The van der Waals surface area contributed by atoms with Crippen LogP contribution in [0, 0.1) is 0 Å². The molecule has 0 radical (unpaired) electrons. The van der Waals surface area contributed by atoms with E-state index in [1.165, 1.54) is 38.2 Å². The lowest BCUT2D eigenvalue weighted by molar-refractivity contribution is 0.102. The molecule has 0 amide bonds. The van der Waals surface area contributed by atoms with Crippen LogP contribution in [0.25, 0.3) is 0 Å². The van der Waals surface area contributed by atoms with Crippen molar-refractivity contribution in [2.24, 2.45) is 0 Å². The summed E-state index contributed by atoms with van der Waals surface area (Å²) in [6, 6.07) is 12.0. The molecule has 0 aromatic heterocycles. The van der Waals surface area contributed by atoms with Crippen molar-refractivity contribution in [3.63, 3.8) is 0 Å². The molecule has 1 heterocycles. The van der Waals surface area contributed by atoms with Gasteiger partial charge in [0.2, 0.25) is 0 Å². The number of benzene rings is 1. The number of rotatable bonds is 6. The van der Waals surface area contributed by atoms with Crippen molar-refractivity contribution in [3.8, 4) is 0 Å². The molecule has 3 heteroatoms. The molecule has 2 rings (SSSR count). The quantitative estimate of drug-likeness (QED) is 0.860. The Morgan fingerprint density at radius 2 is 2.00 bits per heavy atom. The molecule has 0 saturated carbocycles. The molecule has 2 unspecified atom stereocenters. The van der Waals surface area contributed by atoms with E-state index in [0.29, 0.717) is 12.1 Å². The molecule has 0 spiro atoms. The summed E-state index contributed by atoms with van der Waals surface area (Å²) in [6.07, 6.45) is 1.19. The molecule has 0 bridgehead atoms. The van der Waals surface area contributed by atoms with Gasteiger partial charge in [0, 0.05) is 38.3 Å². The highest BCUT2D eigenvalue weighted by Gasteiger charge is 2.21. The predicted molar refractivity (Wildman–Crippen MR) is 86.0 cm³/mol. The molecule has 1 fully saturated rings. The van der Waals surface area contributed by atoms with Gasteiger partial charge in [-0.1, -0.05) is 37.3 Å². The number of hydrogen-bond acceptors (Lipinski definition) is 3. The van der Waals surface area contributed by atoms with Gasteiger partial charge in [-0.3, -0.25) is 0 Å². The SMILES string of the molecule is CCNC(CCN1CCN(C)C(C)C1)c1ccccc1. The Morgan fingerprint density at radius 1 is 1.25 bits per heavy atom. The first-order valence-corrected chi connectivity index (χ1v) is 7.91. The van der Waals surface area contributed by atoms with Crippen LogP contribution in [0.5, 0.6) is 0 Å². The zero-order chi connectivity index (χ0) is 14.4. The Bertz CT molecular complexity index is 379. The van der Waals surface area contributed by atoms with E-state index >= 15 is 0 Å². The second-order valence-electron chi connectivity index (χ2n) is 5.94. The van der Waals surface area contributed by atoms with Crippen molar-refractivity contribution < 1.29 is 0 Å². The minimum atomic E-state index is 0.483. The maximum atomic E-state index is 3.62. The third-order valence-corrected chi connectivity index (χ3v) is 4.43. The van der Waals surface area contributed by atoms with Gasteiger partial charge in [0.25, 0.3) is 0 Å². The first kappa shape index (κ1) is 15.5. The summed E-state index contributed by atoms with van der Waals surface area (Å²) < 4.78 is 0. The molecule has 112 valence electrons. The van der Waals surface area contributed by atoms with E-state index in [1.54, 1.807) is 0 Å². The van der Waals surface area contributed by atoms with Crippen LogP contribution in [0.2, 0.25) is 0 Å². The second kappa shape index (κ2) is 7.77. The number of piperazine rings is 1. The maximum absolute atomic E-state index is 3.62. The average molecular weight is 275 g/mol. The van der Waals surface area contributed by atoms with E-state index in [0.717, 1.165) is 6.54 Å². The molecular formula is C17H29N3. The highest BCUT2D eigenvalue weighted by molar-refractivity contribution is 5.18. The summed E-state index contributed by atoms with van der Waals surface area (Å²) in [6.45, 7) is 10.3. The molecule has 2 atom stereocenters. The van der Waals surface area contributed by atoms with Crippen molar-refractivity contribution in [2.75, 3.05) is 39.8 Å². The Labute approximate surface area is 124 Å². The fraction of sp³-hybridized carbons (Fsp3) is 0.647. The highest BCUT2D eigenvalue weighted by Crippen LogP contribution is 2.18. The molecular weight excluding hydrogens is 246 g/mol. The lowest BCUT2D eigenvalue weighted by atomic mass is 10.0. The molecule has 1 aliphatic heterocycles. The molecule has 1 aromatic rings. The molecule has 3 nitrogen and oxygen atoms in total. The van der Waals surface area contributed by atoms with Crippen LogP contribution in [0.1, 0.15) is 31.9 Å². The van der Waals surface area contributed by atoms with E-state index in [4.69, 9.17) is 0 Å². The number of nitrogens with one attached hydrogen (secondary N) is 1. The summed E-state index contributed by atoms with van der Waals surface area (Å²) in [5.41, 5.74) is 1.41. The zero-order valence-electron chi connectivity index (χ0n) is 13.2. The molecule has 0 aliphatic carbocycles. The third-order valence-electron chi connectivity index (χ3n) is 4.43. The second-order valence-corrected chi connectivity index (χ2v) is 5.94. The molecule has 20 heavy (non-hydrogen) atoms. The number of hydrogen-bond donors (Lipinski definition) is 1. The van der Waals surface area contributed by atoms with Crippen molar-refractivity contribution in [1.29, 1.82) is 0 Å². The van der Waals surface area contributed by atoms with E-state index in [-0.39, 0.29) is 0 Å². The summed E-state index contributed by atoms with van der Waals surface area (Å²) in [5, 5.41) is 3.62. The summed E-state index contributed by atoms with van der Waals surface area (Å²) in [7, 11) is 2.23. The molecule has 1 saturated heterocycles. The zero-order valence-corrected chi connectivity index (χ0v) is 13.2. The standard InChI is InChI=1S/C17H29N3/c1-4-18-17(16-8-6-5-7-9-16)10-11-20-13-12-19(3)15(2)14-20/h5-9,15,17-18H,4,10-14H2,1-3H3. The summed E-state index contributed by atoms with van der Waals surface area (Å²) in [5.74, 6) is 0. The van der Waals surface area contributed by atoms with Gasteiger partial charge in [-0.25, -0.2) is 0 Å². The Hall–Kier alpha value is -0.900. The first-order chi connectivity index (χ1) is 9.70. The Balaban J connectivity index is 1.86. The van der Waals surface area contributed by atoms with Gasteiger partial charge in [0.1, 0.15) is 0 Å². The Morgan fingerprint density at radius 3 is 2.65 bits per heavy atom. The van der Waals surface area contributed by atoms with Crippen LogP contribution in [-0.4, -0.2) is 55.6 Å². The van der Waals surface area contributed by atoms with Crippen LogP contribution in [0.4, 0.5) is 0 Å². The highest BCUT2D eigenvalue weighted by atomic mass is 15.3. The van der Waals surface area contributed by atoms with Crippen molar-refractivity contribution in [1.82, 2.24) is 15.1 Å². The number of nitrogens with zero attached hydrogens (tertiary/aromatic N) is 2. The van der Waals surface area contributed by atoms with Crippen LogP contribution in [0.3, 0.4) is 0 Å². The normalized spacial score (nSPS) is 22.9. The lowest BCUT2D eigenvalue weighted by Crippen LogP contribution is -2.50. The van der Waals surface area contributed by atoms with E-state index in [1.807, 2.05) is 0 Å². The minimum absolute atomic E-state index is 0.483. The van der Waals surface area contributed by atoms with Crippen LogP contribution >= 0.6 is 0 Å². The first-order valence-electron chi connectivity index (χ1n) is 7.91. The molecule has 1 aliphatic rings. The van der Waals surface area contributed by atoms with Gasteiger partial charge in [0.05, 0.1) is 0 Å². The fourth-order valence-corrected chi connectivity index (χ4v) is 2.96. The lowest BCUT2D eigenvalue weighted by Gasteiger charge is -2.38. The largest absolute Gasteiger partial charge is 0.310 e. The smallest absolute Gasteiger partial charge is 0.0332 e. The van der Waals surface area contributed by atoms with Crippen LogP contribution in [-0.2, 0) is 0 Å². The van der Waals surface area contributed by atoms with E-state index in [2.05, 4.69) is 66.3 Å². The Kier molecular flexibility index (Phi) is 6.02. The van der Waals surface area contributed by atoms with Crippen molar-refractivity contribution in [2.45, 2.75) is 32.4 Å². The predicted octanol–water partition coefficient (Wildman–Crippen LogP) is 2.36. The maximum Gasteiger partial charge on any atom is 0.0332 e.